The fourth-order valence-electron chi connectivity index (χ4n) is 3.11. The molecule has 5 nitrogen and oxygen atoms in total. The van der Waals surface area contributed by atoms with Gasteiger partial charge in [0.15, 0.2) is 0 Å². The van der Waals surface area contributed by atoms with Crippen LogP contribution in [0.15, 0.2) is 30.5 Å². The quantitative estimate of drug-likeness (QED) is 0.916. The molecule has 1 fully saturated rings. The lowest BCUT2D eigenvalue weighted by atomic mass is 10.0. The molecule has 0 bridgehead atoms. The van der Waals surface area contributed by atoms with Crippen molar-refractivity contribution in [1.82, 2.24) is 9.47 Å². The zero-order valence-electron chi connectivity index (χ0n) is 13.1. The van der Waals surface area contributed by atoms with Crippen LogP contribution >= 0.6 is 0 Å². The SMILES string of the molecule is CCn1ccc2ccc(NC(=O)N3CCC(C(C)O)C3)cc21. The van der Waals surface area contributed by atoms with Gasteiger partial charge in [0.25, 0.3) is 0 Å². The third-order valence-corrected chi connectivity index (χ3v) is 4.56. The minimum absolute atomic E-state index is 0.0860. The fraction of sp³-hybridized carbons (Fsp3) is 0.471. The summed E-state index contributed by atoms with van der Waals surface area (Å²) in [6.45, 7) is 6.12. The number of carbonyl (C=O) groups is 1. The van der Waals surface area contributed by atoms with Crippen LogP contribution in [0, 0.1) is 5.92 Å². The predicted molar refractivity (Wildman–Crippen MR) is 88.0 cm³/mol. The topological polar surface area (TPSA) is 57.5 Å². The normalized spacial score (nSPS) is 19.6. The molecule has 2 unspecified atom stereocenters. The number of nitrogens with one attached hydrogen (secondary N) is 1. The van der Waals surface area contributed by atoms with Gasteiger partial charge in [-0.2, -0.15) is 0 Å². The van der Waals surface area contributed by atoms with Crippen molar-refractivity contribution in [2.45, 2.75) is 32.9 Å². The van der Waals surface area contributed by atoms with E-state index in [0.717, 1.165) is 24.2 Å². The van der Waals surface area contributed by atoms with Gasteiger partial charge in [0, 0.05) is 37.4 Å². The van der Waals surface area contributed by atoms with Gasteiger partial charge in [-0.1, -0.05) is 6.07 Å². The maximum absolute atomic E-state index is 12.3. The van der Waals surface area contributed by atoms with Gasteiger partial charge in [-0.15, -0.1) is 0 Å². The van der Waals surface area contributed by atoms with Crippen molar-refractivity contribution < 1.29 is 9.90 Å². The maximum atomic E-state index is 12.3. The summed E-state index contributed by atoms with van der Waals surface area (Å²) in [5, 5.41) is 13.8. The second kappa shape index (κ2) is 6.01. The second-order valence-corrected chi connectivity index (χ2v) is 6.04. The fourth-order valence-corrected chi connectivity index (χ4v) is 3.11. The van der Waals surface area contributed by atoms with E-state index in [0.29, 0.717) is 13.1 Å². The lowest BCUT2D eigenvalue weighted by Crippen LogP contribution is -2.34. The number of hydrogen-bond donors (Lipinski definition) is 2. The molecule has 5 heteroatoms. The van der Waals surface area contributed by atoms with Crippen LogP contribution in [-0.4, -0.2) is 39.8 Å². The Morgan fingerprint density at radius 3 is 2.95 bits per heavy atom. The van der Waals surface area contributed by atoms with E-state index in [2.05, 4.69) is 29.1 Å². The highest BCUT2D eigenvalue weighted by molar-refractivity contribution is 5.93. The highest BCUT2D eigenvalue weighted by Gasteiger charge is 2.29. The van der Waals surface area contributed by atoms with Crippen molar-refractivity contribution in [2.75, 3.05) is 18.4 Å². The van der Waals surface area contributed by atoms with E-state index in [1.165, 1.54) is 5.39 Å². The molecule has 1 aliphatic rings. The van der Waals surface area contributed by atoms with E-state index >= 15 is 0 Å². The van der Waals surface area contributed by atoms with Gasteiger partial charge in [0.05, 0.1) is 11.6 Å². The number of aliphatic hydroxyl groups is 1. The van der Waals surface area contributed by atoms with E-state index in [4.69, 9.17) is 0 Å². The van der Waals surface area contributed by atoms with E-state index in [1.54, 1.807) is 11.8 Å². The van der Waals surface area contributed by atoms with Gasteiger partial charge in [-0.3, -0.25) is 0 Å². The Morgan fingerprint density at radius 1 is 1.45 bits per heavy atom. The molecule has 2 aromatic rings. The van der Waals surface area contributed by atoms with Crippen molar-refractivity contribution in [3.05, 3.63) is 30.5 Å². The van der Waals surface area contributed by atoms with Crippen LogP contribution in [0.25, 0.3) is 10.9 Å². The first kappa shape index (κ1) is 14.9. The monoisotopic (exact) mass is 301 g/mol. The molecule has 2 amide bonds. The Hall–Kier alpha value is -2.01. The summed E-state index contributed by atoms with van der Waals surface area (Å²) in [4.78, 5) is 14.1. The first-order valence-electron chi connectivity index (χ1n) is 7.91. The molecule has 1 aromatic carbocycles. The Kier molecular flexibility index (Phi) is 4.07. The van der Waals surface area contributed by atoms with E-state index in [9.17, 15) is 9.90 Å². The number of urea groups is 1. The van der Waals surface area contributed by atoms with Gasteiger partial charge in [0.2, 0.25) is 0 Å². The maximum Gasteiger partial charge on any atom is 0.321 e. The van der Waals surface area contributed by atoms with Crippen molar-refractivity contribution >= 4 is 22.6 Å². The summed E-state index contributed by atoms with van der Waals surface area (Å²) in [5.74, 6) is 0.186. The number of hydrogen-bond acceptors (Lipinski definition) is 2. The molecule has 2 atom stereocenters. The number of rotatable bonds is 3. The minimum atomic E-state index is -0.359. The smallest absolute Gasteiger partial charge is 0.321 e. The zero-order valence-corrected chi connectivity index (χ0v) is 13.1. The van der Waals surface area contributed by atoms with Crippen LogP contribution in [-0.2, 0) is 6.54 Å². The standard InChI is InChI=1S/C17H23N3O2/c1-3-19-8-6-13-4-5-15(10-16(13)19)18-17(22)20-9-7-14(11-20)12(2)21/h4-6,8,10,12,14,21H,3,7,9,11H2,1-2H3,(H,18,22). The molecule has 3 rings (SSSR count). The molecule has 22 heavy (non-hydrogen) atoms. The van der Waals surface area contributed by atoms with Crippen LogP contribution in [0.3, 0.4) is 0 Å². The molecule has 0 saturated carbocycles. The molecule has 2 N–H and O–H groups in total. The number of benzene rings is 1. The number of likely N-dealkylation sites (tertiary alicyclic amines) is 1. The van der Waals surface area contributed by atoms with E-state index in [-0.39, 0.29) is 18.1 Å². The first-order chi connectivity index (χ1) is 10.6. The molecule has 1 aromatic heterocycles. The lowest BCUT2D eigenvalue weighted by molar-refractivity contribution is 0.130. The lowest BCUT2D eigenvalue weighted by Gasteiger charge is -2.18. The van der Waals surface area contributed by atoms with Crippen molar-refractivity contribution in [2.24, 2.45) is 5.92 Å². The van der Waals surface area contributed by atoms with Crippen molar-refractivity contribution in [3.8, 4) is 0 Å². The molecule has 0 radical (unpaired) electrons. The Balaban J connectivity index is 1.71. The third-order valence-electron chi connectivity index (χ3n) is 4.56. The van der Waals surface area contributed by atoms with E-state index in [1.807, 2.05) is 18.2 Å². The van der Waals surface area contributed by atoms with Gasteiger partial charge in [-0.25, -0.2) is 4.79 Å². The van der Waals surface area contributed by atoms with Crippen LogP contribution in [0.1, 0.15) is 20.3 Å². The Labute approximate surface area is 130 Å². The average molecular weight is 301 g/mol. The average Bonchev–Trinajstić information content (AvgIpc) is 3.13. The summed E-state index contributed by atoms with van der Waals surface area (Å²) >= 11 is 0. The van der Waals surface area contributed by atoms with Gasteiger partial charge in [-0.05, 0) is 43.9 Å². The summed E-state index contributed by atoms with van der Waals surface area (Å²) in [6, 6.07) is 7.97. The van der Waals surface area contributed by atoms with Gasteiger partial charge in [0.1, 0.15) is 0 Å². The van der Waals surface area contributed by atoms with Crippen LogP contribution in [0.4, 0.5) is 10.5 Å². The van der Waals surface area contributed by atoms with Crippen LogP contribution in [0.5, 0.6) is 0 Å². The number of carbonyl (C=O) groups excluding carboxylic acids is 1. The molecule has 0 spiro atoms. The van der Waals surface area contributed by atoms with Crippen LogP contribution in [0.2, 0.25) is 0 Å². The van der Waals surface area contributed by atoms with Crippen molar-refractivity contribution in [3.63, 3.8) is 0 Å². The summed E-state index contributed by atoms with van der Waals surface area (Å²) in [5.41, 5.74) is 1.94. The minimum Gasteiger partial charge on any atom is -0.393 e. The molecular weight excluding hydrogens is 278 g/mol. The molecule has 0 aliphatic carbocycles. The van der Waals surface area contributed by atoms with Gasteiger partial charge >= 0.3 is 6.03 Å². The largest absolute Gasteiger partial charge is 0.393 e. The predicted octanol–water partition coefficient (Wildman–Crippen LogP) is 2.90. The zero-order chi connectivity index (χ0) is 15.7. The molecule has 1 aliphatic heterocycles. The highest BCUT2D eigenvalue weighted by Crippen LogP contribution is 2.23. The molecular formula is C17H23N3O2. The first-order valence-corrected chi connectivity index (χ1v) is 7.91. The molecule has 1 saturated heterocycles. The molecule has 118 valence electrons. The van der Waals surface area contributed by atoms with Crippen molar-refractivity contribution in [1.29, 1.82) is 0 Å². The summed E-state index contributed by atoms with van der Waals surface area (Å²) in [7, 11) is 0. The number of aliphatic hydroxyl groups excluding tert-OH is 1. The number of fused-ring (bicyclic) bond motifs is 1. The highest BCUT2D eigenvalue weighted by atomic mass is 16.3. The summed E-state index contributed by atoms with van der Waals surface area (Å²) in [6.07, 6.45) is 2.56. The second-order valence-electron chi connectivity index (χ2n) is 6.04. The molecule has 2 heterocycles. The van der Waals surface area contributed by atoms with E-state index < -0.39 is 0 Å². The number of aryl methyl sites for hydroxylation is 1. The number of aromatic nitrogens is 1. The Bertz CT molecular complexity index is 678. The summed E-state index contributed by atoms with van der Waals surface area (Å²) < 4.78 is 2.16. The number of amides is 2. The third kappa shape index (κ3) is 2.81. The number of nitrogens with zero attached hydrogens (tertiary/aromatic N) is 2. The van der Waals surface area contributed by atoms with Gasteiger partial charge < -0.3 is 19.9 Å². The number of anilines is 1. The van der Waals surface area contributed by atoms with Crippen LogP contribution < -0.4 is 5.32 Å². The Morgan fingerprint density at radius 2 is 2.27 bits per heavy atom.